The number of rotatable bonds is 7. The van der Waals surface area contributed by atoms with Gasteiger partial charge in [0.1, 0.15) is 0 Å². The number of aliphatic hydroxyl groups is 1. The molecule has 9 heteroatoms. The van der Waals surface area contributed by atoms with E-state index in [1.807, 2.05) is 0 Å². The van der Waals surface area contributed by atoms with Gasteiger partial charge in [0.05, 0.1) is 0 Å². The molecule has 0 unspecified atom stereocenters. The maximum absolute atomic E-state index is 14.1. The molecule has 1 N–H and O–H groups in total. The van der Waals surface area contributed by atoms with Crippen LogP contribution in [0, 0.1) is 11.3 Å². The van der Waals surface area contributed by atoms with E-state index in [1.165, 1.54) is 41.0 Å². The van der Waals surface area contributed by atoms with Crippen molar-refractivity contribution in [3.05, 3.63) is 29.3 Å². The van der Waals surface area contributed by atoms with E-state index >= 15 is 0 Å². The summed E-state index contributed by atoms with van der Waals surface area (Å²) in [7, 11) is -3.79. The molecule has 6 nitrogen and oxygen atoms in total. The van der Waals surface area contributed by atoms with Crippen LogP contribution in [0.25, 0.3) is 0 Å². The Hall–Kier alpha value is -0.420. The van der Waals surface area contributed by atoms with Gasteiger partial charge in [-0.25, -0.2) is 0 Å². The summed E-state index contributed by atoms with van der Waals surface area (Å²) in [6.07, 6.45) is 11.1. The number of carbonyl (C=O) groups is 1. The summed E-state index contributed by atoms with van der Waals surface area (Å²) in [5.74, 6) is 0.491. The fourth-order valence-corrected chi connectivity index (χ4v) is 17.0. The number of aliphatic hydroxyl groups excluding tert-OH is 1. The van der Waals surface area contributed by atoms with Gasteiger partial charge < -0.3 is 0 Å². The molecule has 1 amide bonds. The zero-order chi connectivity index (χ0) is 26.5. The van der Waals surface area contributed by atoms with E-state index in [9.17, 15) is 18.3 Å². The van der Waals surface area contributed by atoms with Gasteiger partial charge in [-0.15, -0.1) is 0 Å². The van der Waals surface area contributed by atoms with Crippen LogP contribution in [0.1, 0.15) is 77.0 Å². The molecule has 2 saturated carbocycles. The molecule has 1 aromatic carbocycles. The van der Waals surface area contributed by atoms with Gasteiger partial charge in [-0.1, -0.05) is 11.6 Å². The summed E-state index contributed by atoms with van der Waals surface area (Å²) in [5, 5.41) is 11.4. The van der Waals surface area contributed by atoms with Crippen molar-refractivity contribution in [2.75, 3.05) is 21.9 Å². The van der Waals surface area contributed by atoms with E-state index in [0.29, 0.717) is 30.2 Å². The van der Waals surface area contributed by atoms with E-state index in [4.69, 9.17) is 11.6 Å². The molecule has 0 aromatic heterocycles. The molecule has 38 heavy (non-hydrogen) atoms. The zero-order valence-electron chi connectivity index (χ0n) is 22.2. The predicted octanol–water partition coefficient (Wildman–Crippen LogP) is 5.48. The molecule has 2 aliphatic carbocycles. The summed E-state index contributed by atoms with van der Waals surface area (Å²) < 4.78 is 33.9. The first-order chi connectivity index (χ1) is 18.3. The van der Waals surface area contributed by atoms with Gasteiger partial charge in [0.25, 0.3) is 0 Å². The fourth-order valence-electron chi connectivity index (χ4n) is 7.27. The molecular formula is C29H42ClIN2O4S. The van der Waals surface area contributed by atoms with Crippen molar-refractivity contribution in [3.8, 4) is 0 Å². The third kappa shape index (κ3) is 5.68. The van der Waals surface area contributed by atoms with Crippen molar-refractivity contribution in [3.63, 3.8) is 0 Å². The molecule has 1 aromatic rings. The number of hydrogen-bond donors (Lipinski definition) is 1. The number of hydrogen-bond acceptors (Lipinski definition) is 4. The van der Waals surface area contributed by atoms with Crippen LogP contribution in [0.3, 0.4) is 0 Å². The minimum atomic E-state index is -3.79. The number of nitrogens with zero attached hydrogens (tertiary/aromatic N) is 2. The van der Waals surface area contributed by atoms with Crippen LogP contribution >= 0.6 is 31.4 Å². The van der Waals surface area contributed by atoms with Gasteiger partial charge in [0.2, 0.25) is 0 Å². The Kier molecular flexibility index (Phi) is 8.10. The van der Waals surface area contributed by atoms with Crippen LogP contribution < -0.4 is 0 Å². The number of benzene rings is 1. The summed E-state index contributed by atoms with van der Waals surface area (Å²) in [4.78, 5) is 16.0. The first-order valence-electron chi connectivity index (χ1n) is 14.6. The van der Waals surface area contributed by atoms with E-state index in [0.717, 1.165) is 42.7 Å². The van der Waals surface area contributed by atoms with E-state index in [2.05, 4.69) is 4.90 Å². The number of sulfonamides is 1. The second kappa shape index (κ2) is 11.1. The minimum absolute atomic E-state index is 0.195. The fraction of sp³-hybridized carbons (Fsp3) is 0.759. The molecule has 0 radical (unpaired) electrons. The van der Waals surface area contributed by atoms with E-state index in [-0.39, 0.29) is 28.3 Å². The zero-order valence-corrected chi connectivity index (χ0v) is 26.0. The van der Waals surface area contributed by atoms with Crippen LogP contribution in [0.4, 0.5) is 0 Å². The standard InChI is InChI=1S/C29H42ClIN2O4S/c30-22-6-8-25(9-7-22)38(36,37)33-26(21-4-5-21)18-24(34)19-27(33)29(12-13-29)20-28(35)32-16-10-23(11-17-32)31-14-2-1-3-15-31/h6-9,21,23-24,26-27,34H,1-5,10-20H2/t24-,26-,27+/m0/s1. The van der Waals surface area contributed by atoms with Crippen molar-refractivity contribution in [1.82, 2.24) is 9.21 Å². The first-order valence-corrected chi connectivity index (χ1v) is 20.7. The number of alkyl halides is 3. The van der Waals surface area contributed by atoms with Crippen molar-refractivity contribution in [2.45, 2.75) is 104 Å². The van der Waals surface area contributed by atoms with Gasteiger partial charge in [-0.05, 0) is 12.1 Å². The molecule has 5 fully saturated rings. The summed E-state index contributed by atoms with van der Waals surface area (Å²) in [6.45, 7) is 1.75. The molecule has 3 heterocycles. The second-order valence-corrected chi connectivity index (χ2v) is 21.4. The topological polar surface area (TPSA) is 77.9 Å². The van der Waals surface area contributed by atoms with Crippen molar-refractivity contribution < 1.29 is 18.3 Å². The van der Waals surface area contributed by atoms with E-state index < -0.39 is 35.9 Å². The molecule has 3 atom stereocenters. The monoisotopic (exact) mass is 676 g/mol. The number of amides is 1. The summed E-state index contributed by atoms with van der Waals surface area (Å²) in [6, 6.07) is 5.91. The summed E-state index contributed by atoms with van der Waals surface area (Å²) >= 11 is 5.23. The molecule has 0 bridgehead atoms. The molecule has 3 aliphatic heterocycles. The second-order valence-electron chi connectivity index (χ2n) is 12.4. The van der Waals surface area contributed by atoms with Crippen LogP contribution in [0.15, 0.2) is 29.2 Å². The van der Waals surface area contributed by atoms with Gasteiger partial charge in [-0.2, -0.15) is 0 Å². The predicted molar refractivity (Wildman–Crippen MR) is 160 cm³/mol. The number of carbonyl (C=O) groups excluding carboxylic acids is 1. The van der Waals surface area contributed by atoms with Gasteiger partial charge in [-0.3, -0.25) is 0 Å². The molecule has 5 aliphatic rings. The normalized spacial score (nSPS) is 31.8. The SMILES string of the molecule is O=C(CC1([C@H]2C[C@@H](O)C[C@@H](C3CC3)N2S(=O)(=O)c2ccc(Cl)cc2)CC1)N1CCC(I2CCCCC2)CC1. The first kappa shape index (κ1) is 27.7. The number of likely N-dealkylation sites (tertiary alicyclic amines) is 1. The third-order valence-corrected chi connectivity index (χ3v) is 20.0. The Morgan fingerprint density at radius 2 is 1.66 bits per heavy atom. The summed E-state index contributed by atoms with van der Waals surface area (Å²) in [5.41, 5.74) is -0.360. The Labute approximate surface area is 240 Å². The Morgan fingerprint density at radius 3 is 2.26 bits per heavy atom. The van der Waals surface area contributed by atoms with Crippen LogP contribution in [0.2, 0.25) is 5.02 Å². The van der Waals surface area contributed by atoms with Gasteiger partial charge in [0, 0.05) is 5.02 Å². The number of piperidine rings is 2. The van der Waals surface area contributed by atoms with Crippen LogP contribution in [0.5, 0.6) is 0 Å². The van der Waals surface area contributed by atoms with Gasteiger partial charge in [0.15, 0.2) is 0 Å². The quantitative estimate of drug-likeness (QED) is 0.307. The van der Waals surface area contributed by atoms with Gasteiger partial charge >= 0.3 is 213 Å². The number of halogens is 2. The molecule has 3 saturated heterocycles. The average molecular weight is 677 g/mol. The Bertz CT molecular complexity index is 1110. The molecule has 0 spiro atoms. The van der Waals surface area contributed by atoms with Crippen molar-refractivity contribution in [1.29, 1.82) is 0 Å². The molecule has 6 rings (SSSR count). The maximum atomic E-state index is 14.1. The van der Waals surface area contributed by atoms with E-state index in [1.54, 1.807) is 28.6 Å². The van der Waals surface area contributed by atoms with Crippen molar-refractivity contribution >= 4 is 47.4 Å². The Balaban J connectivity index is 1.19. The average Bonchev–Trinajstić information content (AvgIpc) is 3.85. The molecular weight excluding hydrogens is 635 g/mol. The van der Waals surface area contributed by atoms with Crippen molar-refractivity contribution in [2.24, 2.45) is 11.3 Å². The Morgan fingerprint density at radius 1 is 1.00 bits per heavy atom. The molecule has 212 valence electrons. The third-order valence-electron chi connectivity index (χ3n) is 9.77. The van der Waals surface area contributed by atoms with Crippen LogP contribution in [-0.4, -0.2) is 72.7 Å². The van der Waals surface area contributed by atoms with Crippen LogP contribution in [-0.2, 0) is 14.8 Å².